The van der Waals surface area contributed by atoms with E-state index in [-0.39, 0.29) is 5.41 Å². The second kappa shape index (κ2) is 5.46. The van der Waals surface area contributed by atoms with Gasteiger partial charge in [0.15, 0.2) is 0 Å². The number of hydrogen-bond acceptors (Lipinski definition) is 2. The molecule has 5 rings (SSSR count). The molecule has 124 valence electrons. The quantitative estimate of drug-likeness (QED) is 0.761. The first-order valence-corrected chi connectivity index (χ1v) is 9.73. The van der Waals surface area contributed by atoms with Gasteiger partial charge in [0.25, 0.3) is 0 Å². The highest BCUT2D eigenvalue weighted by molar-refractivity contribution is 5.81. The van der Waals surface area contributed by atoms with Crippen molar-refractivity contribution >= 4 is 5.57 Å². The van der Waals surface area contributed by atoms with Crippen LogP contribution in [0.2, 0.25) is 0 Å². The Bertz CT molecular complexity index is 718. The van der Waals surface area contributed by atoms with E-state index in [0.717, 1.165) is 29.9 Å². The third kappa shape index (κ3) is 2.11. The van der Waals surface area contributed by atoms with Crippen molar-refractivity contribution in [2.24, 2.45) is 11.8 Å². The molecule has 1 aliphatic heterocycles. The van der Waals surface area contributed by atoms with Crippen LogP contribution in [0, 0.1) is 23.2 Å². The first kappa shape index (κ1) is 14.7. The molecule has 3 fully saturated rings. The Balaban J connectivity index is 1.38. The molecule has 0 aromatic heterocycles. The first-order chi connectivity index (χ1) is 11.8. The van der Waals surface area contributed by atoms with Crippen molar-refractivity contribution in [1.29, 1.82) is 5.26 Å². The lowest BCUT2D eigenvalue weighted by Crippen LogP contribution is -2.49. The lowest BCUT2D eigenvalue weighted by atomic mass is 9.65. The Labute approximate surface area is 145 Å². The van der Waals surface area contributed by atoms with E-state index in [1.165, 1.54) is 62.7 Å². The molecule has 3 aliphatic carbocycles. The van der Waals surface area contributed by atoms with Gasteiger partial charge in [-0.25, -0.2) is 0 Å². The van der Waals surface area contributed by atoms with Crippen molar-refractivity contribution in [2.45, 2.75) is 56.4 Å². The second-order valence-corrected chi connectivity index (χ2v) is 8.54. The molecule has 0 amide bonds. The van der Waals surface area contributed by atoms with Crippen LogP contribution in [0.25, 0.3) is 5.57 Å². The Morgan fingerprint density at radius 3 is 2.62 bits per heavy atom. The van der Waals surface area contributed by atoms with Gasteiger partial charge in [-0.15, -0.1) is 0 Å². The Kier molecular flexibility index (Phi) is 3.35. The largest absolute Gasteiger partial charge is 0.300 e. The van der Waals surface area contributed by atoms with Gasteiger partial charge in [-0.1, -0.05) is 36.8 Å². The van der Waals surface area contributed by atoms with Gasteiger partial charge in [0.1, 0.15) is 0 Å². The van der Waals surface area contributed by atoms with Gasteiger partial charge in [0, 0.05) is 11.5 Å². The van der Waals surface area contributed by atoms with Gasteiger partial charge in [-0.05, 0) is 74.6 Å². The summed E-state index contributed by atoms with van der Waals surface area (Å²) in [5, 5.41) is 9.44. The minimum Gasteiger partial charge on any atom is -0.300 e. The summed E-state index contributed by atoms with van der Waals surface area (Å²) in [4.78, 5) is 2.82. The van der Waals surface area contributed by atoms with Crippen LogP contribution in [0.4, 0.5) is 0 Å². The van der Waals surface area contributed by atoms with E-state index < -0.39 is 0 Å². The normalized spacial score (nSPS) is 34.0. The number of piperidine rings is 1. The smallest absolute Gasteiger partial charge is 0.0994 e. The summed E-state index contributed by atoms with van der Waals surface area (Å²) in [5.74, 6) is 2.03. The van der Waals surface area contributed by atoms with Crippen molar-refractivity contribution in [3.05, 3.63) is 41.5 Å². The topological polar surface area (TPSA) is 27.0 Å². The summed E-state index contributed by atoms with van der Waals surface area (Å²) >= 11 is 0. The van der Waals surface area contributed by atoms with Crippen LogP contribution in [-0.2, 0) is 5.41 Å². The van der Waals surface area contributed by atoms with Gasteiger partial charge in [0.05, 0.1) is 11.6 Å². The molecule has 0 radical (unpaired) electrons. The fraction of sp³-hybridized carbons (Fsp3) is 0.591. The van der Waals surface area contributed by atoms with Crippen LogP contribution in [0.3, 0.4) is 0 Å². The minimum absolute atomic E-state index is 0.283. The fourth-order valence-corrected chi connectivity index (χ4v) is 6.22. The molecule has 1 saturated heterocycles. The van der Waals surface area contributed by atoms with Crippen molar-refractivity contribution in [3.63, 3.8) is 0 Å². The van der Waals surface area contributed by atoms with Gasteiger partial charge >= 0.3 is 0 Å². The van der Waals surface area contributed by atoms with E-state index in [2.05, 4.69) is 41.3 Å². The van der Waals surface area contributed by atoms with Crippen LogP contribution < -0.4 is 0 Å². The summed E-state index contributed by atoms with van der Waals surface area (Å²) in [6.07, 6.45) is 11.7. The number of fused-ring (bicyclic) bond motifs is 4. The number of nitriles is 1. The fourth-order valence-electron chi connectivity index (χ4n) is 6.22. The molecular formula is C22H26N2. The second-order valence-electron chi connectivity index (χ2n) is 8.54. The zero-order valence-corrected chi connectivity index (χ0v) is 14.4. The lowest BCUT2D eigenvalue weighted by Gasteiger charge is -2.47. The van der Waals surface area contributed by atoms with Crippen LogP contribution in [-0.4, -0.2) is 24.0 Å². The Morgan fingerprint density at radius 1 is 1.08 bits per heavy atom. The van der Waals surface area contributed by atoms with E-state index in [9.17, 15) is 5.26 Å². The summed E-state index contributed by atoms with van der Waals surface area (Å²) in [6.45, 7) is 2.50. The van der Waals surface area contributed by atoms with Crippen LogP contribution in [0.1, 0.15) is 56.1 Å². The zero-order valence-electron chi connectivity index (χ0n) is 14.4. The average molecular weight is 318 g/mol. The SMILES string of the molecule is N#CC1=CCC2(CCN(C3C[C@@H]4CC[C@@H]3C4)CC2)c2ccccc21. The van der Waals surface area contributed by atoms with E-state index >= 15 is 0 Å². The maximum Gasteiger partial charge on any atom is 0.0994 e. The Hall–Kier alpha value is -1.59. The van der Waals surface area contributed by atoms with E-state index in [4.69, 9.17) is 0 Å². The summed E-state index contributed by atoms with van der Waals surface area (Å²) in [7, 11) is 0. The summed E-state index contributed by atoms with van der Waals surface area (Å²) < 4.78 is 0. The maximum atomic E-state index is 9.44. The standard InChI is InChI=1S/C22H26N2/c23-15-18-7-8-22(20-4-2-1-3-19(18)20)9-11-24(12-10-22)21-14-16-5-6-17(21)13-16/h1-4,7,16-17,21H,5-6,8-14H2/t16-,17-,21?/m1/s1. The Morgan fingerprint density at radius 2 is 1.92 bits per heavy atom. The molecule has 2 heteroatoms. The van der Waals surface area contributed by atoms with Gasteiger partial charge in [-0.3, -0.25) is 0 Å². The first-order valence-electron chi connectivity index (χ1n) is 9.73. The third-order valence-corrected chi connectivity index (χ3v) is 7.53. The summed E-state index contributed by atoms with van der Waals surface area (Å²) in [5.41, 5.74) is 3.80. The molecule has 3 atom stereocenters. The molecule has 2 saturated carbocycles. The van der Waals surface area contributed by atoms with Crippen molar-refractivity contribution < 1.29 is 0 Å². The van der Waals surface area contributed by atoms with E-state index in [0.29, 0.717) is 0 Å². The average Bonchev–Trinajstić information content (AvgIpc) is 3.27. The molecule has 4 aliphatic rings. The maximum absolute atomic E-state index is 9.44. The molecule has 1 spiro atoms. The summed E-state index contributed by atoms with van der Waals surface area (Å²) in [6, 6.07) is 11.9. The molecule has 2 nitrogen and oxygen atoms in total. The minimum atomic E-state index is 0.283. The monoisotopic (exact) mass is 318 g/mol. The predicted molar refractivity (Wildman–Crippen MR) is 96.4 cm³/mol. The molecule has 1 aromatic rings. The van der Waals surface area contributed by atoms with Crippen molar-refractivity contribution in [1.82, 2.24) is 4.90 Å². The van der Waals surface area contributed by atoms with E-state index in [1.54, 1.807) is 0 Å². The molecule has 24 heavy (non-hydrogen) atoms. The van der Waals surface area contributed by atoms with Crippen molar-refractivity contribution in [3.8, 4) is 6.07 Å². The molecule has 1 heterocycles. The zero-order chi connectivity index (χ0) is 16.1. The number of nitrogens with zero attached hydrogens (tertiary/aromatic N) is 2. The molecule has 2 bridgehead atoms. The highest BCUT2D eigenvalue weighted by Crippen LogP contribution is 2.50. The number of likely N-dealkylation sites (tertiary alicyclic amines) is 1. The number of rotatable bonds is 1. The predicted octanol–water partition coefficient (Wildman–Crippen LogP) is 4.52. The van der Waals surface area contributed by atoms with Crippen molar-refractivity contribution in [2.75, 3.05) is 13.1 Å². The third-order valence-electron chi connectivity index (χ3n) is 7.53. The molecule has 1 aromatic carbocycles. The van der Waals surface area contributed by atoms with Gasteiger partial charge in [-0.2, -0.15) is 5.26 Å². The highest BCUT2D eigenvalue weighted by atomic mass is 15.2. The molecule has 1 unspecified atom stereocenters. The number of benzene rings is 1. The van der Waals surface area contributed by atoms with E-state index in [1.807, 2.05) is 0 Å². The number of hydrogen-bond donors (Lipinski definition) is 0. The van der Waals surface area contributed by atoms with Crippen LogP contribution >= 0.6 is 0 Å². The highest BCUT2D eigenvalue weighted by Gasteiger charge is 2.46. The van der Waals surface area contributed by atoms with Crippen LogP contribution in [0.15, 0.2) is 30.3 Å². The molecule has 0 N–H and O–H groups in total. The number of allylic oxidation sites excluding steroid dienone is 2. The van der Waals surface area contributed by atoms with Crippen LogP contribution in [0.5, 0.6) is 0 Å². The van der Waals surface area contributed by atoms with Gasteiger partial charge < -0.3 is 4.90 Å². The molecular weight excluding hydrogens is 292 g/mol. The lowest BCUT2D eigenvalue weighted by molar-refractivity contribution is 0.0834. The van der Waals surface area contributed by atoms with Gasteiger partial charge in [0.2, 0.25) is 0 Å².